The van der Waals surface area contributed by atoms with Crippen LogP contribution in [0.4, 0.5) is 5.69 Å². The zero-order chi connectivity index (χ0) is 17.2. The topological polar surface area (TPSA) is 57.7 Å². The maximum atomic E-state index is 12.6. The van der Waals surface area contributed by atoms with Gasteiger partial charge in [-0.15, -0.1) is 0 Å². The van der Waals surface area contributed by atoms with Gasteiger partial charge in [-0.2, -0.15) is 0 Å². The van der Waals surface area contributed by atoms with E-state index in [9.17, 15) is 13.2 Å². The lowest BCUT2D eigenvalue weighted by Crippen LogP contribution is -2.46. The van der Waals surface area contributed by atoms with Crippen LogP contribution in [0.5, 0.6) is 0 Å². The number of nitrogens with zero attached hydrogens (tertiary/aromatic N) is 2. The van der Waals surface area contributed by atoms with Gasteiger partial charge in [-0.05, 0) is 44.2 Å². The molecule has 1 aromatic carbocycles. The van der Waals surface area contributed by atoms with Gasteiger partial charge in [-0.1, -0.05) is 24.6 Å². The van der Waals surface area contributed by atoms with Crippen LogP contribution in [0.15, 0.2) is 18.2 Å². The number of likely N-dealkylation sites (tertiary alicyclic amines) is 1. The van der Waals surface area contributed by atoms with E-state index in [1.165, 1.54) is 4.31 Å². The van der Waals surface area contributed by atoms with E-state index in [1.54, 1.807) is 11.0 Å². The Balaban J connectivity index is 2.24. The fourth-order valence-corrected chi connectivity index (χ4v) is 4.01. The standard InChI is InChI=1S/C17H26N2O3S/c1-13-7-8-16(15(3)10-13)19(23(4,21)22)12-17(20)18-9-5-6-14(2)11-18/h7-8,10,14H,5-6,9,11-12H2,1-4H3/t14-/m1/s1. The van der Waals surface area contributed by atoms with Gasteiger partial charge in [-0.25, -0.2) is 8.42 Å². The summed E-state index contributed by atoms with van der Waals surface area (Å²) in [4.78, 5) is 14.4. The summed E-state index contributed by atoms with van der Waals surface area (Å²) >= 11 is 0. The number of aryl methyl sites for hydroxylation is 2. The molecule has 0 unspecified atom stereocenters. The van der Waals surface area contributed by atoms with Gasteiger partial charge in [0.1, 0.15) is 6.54 Å². The van der Waals surface area contributed by atoms with Crippen molar-refractivity contribution < 1.29 is 13.2 Å². The molecule has 0 saturated carbocycles. The van der Waals surface area contributed by atoms with Crippen LogP contribution < -0.4 is 4.31 Å². The number of hydrogen-bond acceptors (Lipinski definition) is 3. The summed E-state index contributed by atoms with van der Waals surface area (Å²) < 4.78 is 25.6. The summed E-state index contributed by atoms with van der Waals surface area (Å²) in [6.45, 7) is 7.25. The largest absolute Gasteiger partial charge is 0.341 e. The maximum absolute atomic E-state index is 12.6. The Bertz CT molecular complexity index is 685. The molecule has 0 bridgehead atoms. The fraction of sp³-hybridized carbons (Fsp3) is 0.588. The first-order chi connectivity index (χ1) is 10.7. The predicted octanol–water partition coefficient (Wildman–Crippen LogP) is 2.33. The third kappa shape index (κ3) is 4.47. The molecule has 0 spiro atoms. The molecular weight excluding hydrogens is 312 g/mol. The molecule has 6 heteroatoms. The number of anilines is 1. The van der Waals surface area contributed by atoms with Crippen LogP contribution in [0.25, 0.3) is 0 Å². The minimum atomic E-state index is -3.51. The minimum Gasteiger partial charge on any atom is -0.341 e. The van der Waals surface area contributed by atoms with Crippen molar-refractivity contribution in [2.24, 2.45) is 5.92 Å². The first-order valence-corrected chi connectivity index (χ1v) is 9.86. The molecule has 0 N–H and O–H groups in total. The molecule has 2 rings (SSSR count). The second-order valence-electron chi connectivity index (χ2n) is 6.65. The van der Waals surface area contributed by atoms with E-state index >= 15 is 0 Å². The van der Waals surface area contributed by atoms with Gasteiger partial charge in [0.25, 0.3) is 0 Å². The molecule has 1 aliphatic heterocycles. The molecule has 1 heterocycles. The molecule has 1 aromatic rings. The fourth-order valence-electron chi connectivity index (χ4n) is 3.11. The second-order valence-corrected chi connectivity index (χ2v) is 8.55. The lowest BCUT2D eigenvalue weighted by Gasteiger charge is -2.33. The zero-order valence-corrected chi connectivity index (χ0v) is 15.2. The summed E-state index contributed by atoms with van der Waals surface area (Å²) in [5.41, 5.74) is 2.50. The van der Waals surface area contributed by atoms with E-state index in [4.69, 9.17) is 0 Å². The third-order valence-electron chi connectivity index (χ3n) is 4.31. The number of benzene rings is 1. The van der Waals surface area contributed by atoms with E-state index in [1.807, 2.05) is 26.0 Å². The molecular formula is C17H26N2O3S. The smallest absolute Gasteiger partial charge is 0.243 e. The van der Waals surface area contributed by atoms with Crippen molar-refractivity contribution in [2.45, 2.75) is 33.6 Å². The van der Waals surface area contributed by atoms with E-state index in [0.29, 0.717) is 24.7 Å². The highest BCUT2D eigenvalue weighted by atomic mass is 32.2. The molecule has 1 atom stereocenters. The zero-order valence-electron chi connectivity index (χ0n) is 14.4. The van der Waals surface area contributed by atoms with Gasteiger partial charge in [-0.3, -0.25) is 9.10 Å². The highest BCUT2D eigenvalue weighted by molar-refractivity contribution is 7.92. The summed E-state index contributed by atoms with van der Waals surface area (Å²) in [5, 5.41) is 0. The average molecular weight is 338 g/mol. The highest BCUT2D eigenvalue weighted by Gasteiger charge is 2.27. The van der Waals surface area contributed by atoms with E-state index in [-0.39, 0.29) is 12.5 Å². The van der Waals surface area contributed by atoms with Crippen molar-refractivity contribution in [3.63, 3.8) is 0 Å². The number of carbonyl (C=O) groups excluding carboxylic acids is 1. The van der Waals surface area contributed by atoms with Gasteiger partial charge in [0.15, 0.2) is 0 Å². The lowest BCUT2D eigenvalue weighted by atomic mass is 10.0. The summed E-state index contributed by atoms with van der Waals surface area (Å²) in [6, 6.07) is 5.58. The van der Waals surface area contributed by atoms with Gasteiger partial charge in [0, 0.05) is 13.1 Å². The maximum Gasteiger partial charge on any atom is 0.243 e. The van der Waals surface area contributed by atoms with Crippen LogP contribution in [-0.4, -0.2) is 45.1 Å². The van der Waals surface area contributed by atoms with Crippen LogP contribution in [0.1, 0.15) is 30.9 Å². The van der Waals surface area contributed by atoms with Crippen LogP contribution >= 0.6 is 0 Å². The lowest BCUT2D eigenvalue weighted by molar-refractivity contribution is -0.131. The Hall–Kier alpha value is -1.56. The average Bonchev–Trinajstić information content (AvgIpc) is 2.44. The number of piperidine rings is 1. The molecule has 1 fully saturated rings. The Kier molecular flexibility index (Phi) is 5.34. The number of sulfonamides is 1. The normalized spacial score (nSPS) is 18.8. The van der Waals surface area contributed by atoms with Crippen molar-refractivity contribution in [2.75, 3.05) is 30.2 Å². The van der Waals surface area contributed by atoms with Gasteiger partial charge in [0.05, 0.1) is 11.9 Å². The van der Waals surface area contributed by atoms with Crippen LogP contribution in [0, 0.1) is 19.8 Å². The number of carbonyl (C=O) groups is 1. The van der Waals surface area contributed by atoms with Crippen molar-refractivity contribution >= 4 is 21.6 Å². The first-order valence-electron chi connectivity index (χ1n) is 8.01. The summed E-state index contributed by atoms with van der Waals surface area (Å²) in [5.74, 6) is 0.349. The van der Waals surface area contributed by atoms with Crippen molar-refractivity contribution in [1.29, 1.82) is 0 Å². The Morgan fingerprint density at radius 2 is 2.04 bits per heavy atom. The molecule has 0 radical (unpaired) electrons. The number of hydrogen-bond donors (Lipinski definition) is 0. The van der Waals surface area contributed by atoms with Gasteiger partial charge >= 0.3 is 0 Å². The van der Waals surface area contributed by atoms with Gasteiger partial charge < -0.3 is 4.90 Å². The number of amides is 1. The number of rotatable bonds is 4. The molecule has 23 heavy (non-hydrogen) atoms. The van der Waals surface area contributed by atoms with E-state index in [0.717, 1.165) is 30.2 Å². The second kappa shape index (κ2) is 6.91. The molecule has 5 nitrogen and oxygen atoms in total. The van der Waals surface area contributed by atoms with Crippen LogP contribution in [0.3, 0.4) is 0 Å². The van der Waals surface area contributed by atoms with E-state index in [2.05, 4.69) is 6.92 Å². The van der Waals surface area contributed by atoms with E-state index < -0.39 is 10.0 Å². The van der Waals surface area contributed by atoms with Gasteiger partial charge in [0.2, 0.25) is 15.9 Å². The predicted molar refractivity (Wildman–Crippen MR) is 93.1 cm³/mol. The third-order valence-corrected chi connectivity index (χ3v) is 5.44. The Morgan fingerprint density at radius 3 is 2.61 bits per heavy atom. The van der Waals surface area contributed by atoms with Crippen LogP contribution in [0.2, 0.25) is 0 Å². The summed E-state index contributed by atoms with van der Waals surface area (Å²) in [7, 11) is -3.51. The van der Waals surface area contributed by atoms with Crippen LogP contribution in [-0.2, 0) is 14.8 Å². The molecule has 128 valence electrons. The van der Waals surface area contributed by atoms with Crippen molar-refractivity contribution in [3.8, 4) is 0 Å². The molecule has 1 amide bonds. The van der Waals surface area contributed by atoms with Crippen molar-refractivity contribution in [3.05, 3.63) is 29.3 Å². The first kappa shape index (κ1) is 17.8. The van der Waals surface area contributed by atoms with Crippen molar-refractivity contribution in [1.82, 2.24) is 4.90 Å². The summed E-state index contributed by atoms with van der Waals surface area (Å²) in [6.07, 6.45) is 3.25. The SMILES string of the molecule is Cc1ccc(N(CC(=O)N2CCC[C@@H](C)C2)S(C)(=O)=O)c(C)c1. The quantitative estimate of drug-likeness (QED) is 0.846. The Labute approximate surface area is 139 Å². The highest BCUT2D eigenvalue weighted by Crippen LogP contribution is 2.24. The monoisotopic (exact) mass is 338 g/mol. The molecule has 1 saturated heterocycles. The Morgan fingerprint density at radius 1 is 1.35 bits per heavy atom. The molecule has 0 aliphatic carbocycles. The minimum absolute atomic E-state index is 0.123. The molecule has 0 aromatic heterocycles. The molecule has 1 aliphatic rings.